The first-order valence-electron chi connectivity index (χ1n) is 8.11. The molecule has 2 heterocycles. The van der Waals surface area contributed by atoms with Gasteiger partial charge in [-0.05, 0) is 43.0 Å². The maximum atomic E-state index is 12.9. The zero-order valence-electron chi connectivity index (χ0n) is 13.4. The standard InChI is InChI=1S/C19H21NO2S/c1-12(2)23(20,21)18-10-6-5-8-14(18)16-11-17-13-7-3-4-9-15(13)19(16)22-17/h3-10,12,16-17,19-20H,11H2,1-2H3/t16-,17-,19-,23?/m0/s1. The highest BCUT2D eigenvalue weighted by Crippen LogP contribution is 2.58. The van der Waals surface area contributed by atoms with Crippen LogP contribution in [0.15, 0.2) is 53.4 Å². The molecule has 120 valence electrons. The van der Waals surface area contributed by atoms with Gasteiger partial charge < -0.3 is 4.74 Å². The van der Waals surface area contributed by atoms with E-state index < -0.39 is 9.73 Å². The van der Waals surface area contributed by atoms with Crippen LogP contribution in [0.4, 0.5) is 0 Å². The minimum atomic E-state index is -2.79. The average molecular weight is 327 g/mol. The van der Waals surface area contributed by atoms with E-state index >= 15 is 0 Å². The van der Waals surface area contributed by atoms with E-state index in [1.54, 1.807) is 0 Å². The molecule has 2 aromatic carbocycles. The van der Waals surface area contributed by atoms with Gasteiger partial charge in [-0.3, -0.25) is 0 Å². The zero-order valence-corrected chi connectivity index (χ0v) is 14.2. The van der Waals surface area contributed by atoms with Crippen LogP contribution >= 0.6 is 0 Å². The summed E-state index contributed by atoms with van der Waals surface area (Å²) in [6.45, 7) is 3.72. The van der Waals surface area contributed by atoms with Crippen molar-refractivity contribution in [2.75, 3.05) is 0 Å². The van der Waals surface area contributed by atoms with Crippen LogP contribution in [0.5, 0.6) is 0 Å². The van der Waals surface area contributed by atoms with Gasteiger partial charge in [-0.25, -0.2) is 8.99 Å². The third kappa shape index (κ3) is 2.16. The fourth-order valence-electron chi connectivity index (χ4n) is 3.84. The molecule has 1 saturated heterocycles. The van der Waals surface area contributed by atoms with Gasteiger partial charge in [0.25, 0.3) is 0 Å². The van der Waals surface area contributed by atoms with Crippen LogP contribution < -0.4 is 0 Å². The molecule has 0 aromatic heterocycles. The van der Waals surface area contributed by atoms with E-state index in [0.717, 1.165) is 12.0 Å². The second-order valence-electron chi connectivity index (χ2n) is 6.70. The summed E-state index contributed by atoms with van der Waals surface area (Å²) in [5.74, 6) is 0.191. The second kappa shape index (κ2) is 5.18. The van der Waals surface area contributed by atoms with E-state index in [9.17, 15) is 4.21 Å². The molecule has 1 N–H and O–H groups in total. The van der Waals surface area contributed by atoms with E-state index in [1.807, 2.05) is 44.2 Å². The first-order chi connectivity index (χ1) is 11.0. The molecule has 0 radical (unpaired) electrons. The summed E-state index contributed by atoms with van der Waals surface area (Å²) in [5.41, 5.74) is 3.58. The summed E-state index contributed by atoms with van der Waals surface area (Å²) >= 11 is 0. The van der Waals surface area contributed by atoms with Gasteiger partial charge in [0.15, 0.2) is 0 Å². The highest BCUT2D eigenvalue weighted by molar-refractivity contribution is 7.93. The second-order valence-corrected chi connectivity index (χ2v) is 9.29. The van der Waals surface area contributed by atoms with E-state index in [4.69, 9.17) is 9.52 Å². The van der Waals surface area contributed by atoms with Gasteiger partial charge in [-0.15, -0.1) is 0 Å². The predicted octanol–water partition coefficient (Wildman–Crippen LogP) is 4.80. The molecule has 0 amide bonds. The Bertz CT molecular complexity index is 857. The molecule has 2 aromatic rings. The molecule has 0 saturated carbocycles. The van der Waals surface area contributed by atoms with Crippen molar-refractivity contribution in [3.8, 4) is 0 Å². The maximum Gasteiger partial charge on any atom is 0.0906 e. The van der Waals surface area contributed by atoms with Crippen molar-refractivity contribution in [1.29, 1.82) is 4.78 Å². The number of ether oxygens (including phenoxy) is 1. The Balaban J connectivity index is 1.81. The van der Waals surface area contributed by atoms with Gasteiger partial charge in [0.2, 0.25) is 0 Å². The smallest absolute Gasteiger partial charge is 0.0906 e. The Labute approximate surface area is 137 Å². The van der Waals surface area contributed by atoms with Crippen molar-refractivity contribution in [3.05, 3.63) is 65.2 Å². The zero-order chi connectivity index (χ0) is 16.2. The molecule has 23 heavy (non-hydrogen) atoms. The molecule has 4 atom stereocenters. The van der Waals surface area contributed by atoms with Crippen LogP contribution in [0.3, 0.4) is 0 Å². The van der Waals surface area contributed by atoms with Crippen LogP contribution in [0.25, 0.3) is 0 Å². The summed E-state index contributed by atoms with van der Waals surface area (Å²) in [5, 5.41) is -0.199. The van der Waals surface area contributed by atoms with Crippen molar-refractivity contribution in [2.45, 2.75) is 48.5 Å². The van der Waals surface area contributed by atoms with Crippen molar-refractivity contribution < 1.29 is 8.95 Å². The average Bonchev–Trinajstić information content (AvgIpc) is 3.14. The molecular formula is C19H21NO2S. The van der Waals surface area contributed by atoms with Crippen LogP contribution in [0.1, 0.15) is 55.1 Å². The third-order valence-corrected chi connectivity index (χ3v) is 7.46. The summed E-state index contributed by atoms with van der Waals surface area (Å²) in [6.07, 6.45) is 1.07. The molecule has 0 aliphatic carbocycles. The van der Waals surface area contributed by atoms with E-state index in [-0.39, 0.29) is 23.4 Å². The largest absolute Gasteiger partial charge is 0.365 e. The molecule has 0 spiro atoms. The first kappa shape index (κ1) is 14.9. The van der Waals surface area contributed by atoms with Crippen LogP contribution in [-0.2, 0) is 14.5 Å². The molecule has 3 nitrogen and oxygen atoms in total. The fourth-order valence-corrected chi connectivity index (χ4v) is 5.20. The lowest BCUT2D eigenvalue weighted by molar-refractivity contribution is 0.0673. The van der Waals surface area contributed by atoms with Crippen molar-refractivity contribution in [3.63, 3.8) is 0 Å². The summed E-state index contributed by atoms with van der Waals surface area (Å²) in [7, 11) is -2.79. The number of hydrogen-bond donors (Lipinski definition) is 1. The van der Waals surface area contributed by atoms with Crippen molar-refractivity contribution in [1.82, 2.24) is 0 Å². The molecule has 4 heteroatoms. The maximum absolute atomic E-state index is 12.9. The van der Waals surface area contributed by atoms with Gasteiger partial charge in [0, 0.05) is 11.2 Å². The highest BCUT2D eigenvalue weighted by Gasteiger charge is 2.46. The van der Waals surface area contributed by atoms with E-state index in [1.165, 1.54) is 11.1 Å². The fraction of sp³-hybridized carbons (Fsp3) is 0.368. The lowest BCUT2D eigenvalue weighted by atomic mass is 9.80. The van der Waals surface area contributed by atoms with Crippen molar-refractivity contribution in [2.24, 2.45) is 0 Å². The van der Waals surface area contributed by atoms with Gasteiger partial charge >= 0.3 is 0 Å². The Morgan fingerprint density at radius 2 is 1.65 bits per heavy atom. The first-order valence-corrected chi connectivity index (χ1v) is 9.73. The molecule has 4 rings (SSSR count). The van der Waals surface area contributed by atoms with Crippen LogP contribution in [-0.4, -0.2) is 9.46 Å². The van der Waals surface area contributed by atoms with E-state index in [0.29, 0.717) is 4.90 Å². The van der Waals surface area contributed by atoms with Gasteiger partial charge in [-0.1, -0.05) is 42.5 Å². The Morgan fingerprint density at radius 3 is 2.35 bits per heavy atom. The highest BCUT2D eigenvalue weighted by atomic mass is 32.2. The van der Waals surface area contributed by atoms with Gasteiger partial charge in [-0.2, -0.15) is 0 Å². The lowest BCUT2D eigenvalue weighted by Crippen LogP contribution is -2.18. The Morgan fingerprint density at radius 1 is 1.04 bits per heavy atom. The Kier molecular flexibility index (Phi) is 3.36. The number of benzene rings is 2. The minimum Gasteiger partial charge on any atom is -0.365 e. The SMILES string of the molecule is CC(C)S(=N)(=O)c1ccccc1[C@@H]1C[C@@H]2O[C@H]1c1ccccc12. The summed E-state index contributed by atoms with van der Waals surface area (Å²) in [6, 6.07) is 16.1. The van der Waals surface area contributed by atoms with E-state index in [2.05, 4.69) is 18.2 Å². The molecule has 2 bridgehead atoms. The quantitative estimate of drug-likeness (QED) is 0.880. The summed E-state index contributed by atoms with van der Waals surface area (Å²) < 4.78 is 27.5. The minimum absolute atomic E-state index is 0.0275. The topological polar surface area (TPSA) is 50.2 Å². The molecular weight excluding hydrogens is 306 g/mol. The Hall–Kier alpha value is -1.65. The third-order valence-electron chi connectivity index (χ3n) is 5.10. The number of hydrogen-bond acceptors (Lipinski definition) is 3. The van der Waals surface area contributed by atoms with Crippen LogP contribution in [0.2, 0.25) is 0 Å². The molecule has 2 aliphatic rings. The van der Waals surface area contributed by atoms with Gasteiger partial charge in [0.1, 0.15) is 0 Å². The molecule has 1 unspecified atom stereocenters. The number of rotatable bonds is 3. The summed E-state index contributed by atoms with van der Waals surface area (Å²) in [4.78, 5) is 0.689. The monoisotopic (exact) mass is 327 g/mol. The number of fused-ring (bicyclic) bond motifs is 5. The van der Waals surface area contributed by atoms with Crippen LogP contribution in [0, 0.1) is 4.78 Å². The molecule has 2 aliphatic heterocycles. The van der Waals surface area contributed by atoms with Gasteiger partial charge in [0.05, 0.1) is 26.8 Å². The molecule has 1 fully saturated rings. The lowest BCUT2D eigenvalue weighted by Gasteiger charge is -2.25. The van der Waals surface area contributed by atoms with Crippen molar-refractivity contribution >= 4 is 9.73 Å². The predicted molar refractivity (Wildman–Crippen MR) is 91.1 cm³/mol. The normalized spacial score (nSPS) is 27.9. The number of nitrogens with one attached hydrogen (secondary N) is 1.